The number of aryl methyl sites for hydroxylation is 1. The first-order valence-corrected chi connectivity index (χ1v) is 10.1. The van der Waals surface area contributed by atoms with E-state index in [0.29, 0.717) is 24.2 Å². The van der Waals surface area contributed by atoms with Gasteiger partial charge in [-0.1, -0.05) is 29.8 Å². The number of alkyl halides is 3. The Morgan fingerprint density at radius 1 is 1.19 bits per heavy atom. The van der Waals surface area contributed by atoms with E-state index in [1.54, 1.807) is 4.90 Å². The van der Waals surface area contributed by atoms with Gasteiger partial charge in [0.05, 0.1) is 18.3 Å². The van der Waals surface area contributed by atoms with Gasteiger partial charge >= 0.3 is 12.2 Å². The molecule has 32 heavy (non-hydrogen) atoms. The second-order valence-electron chi connectivity index (χ2n) is 7.71. The molecule has 4 rings (SSSR count). The normalized spacial score (nSPS) is 18.8. The summed E-state index contributed by atoms with van der Waals surface area (Å²) in [5.41, 5.74) is 2.86. The molecule has 1 saturated heterocycles. The van der Waals surface area contributed by atoms with Crippen molar-refractivity contribution in [3.05, 3.63) is 59.2 Å². The maximum Gasteiger partial charge on any atom is 0.451 e. The van der Waals surface area contributed by atoms with Crippen molar-refractivity contribution in [2.45, 2.75) is 38.5 Å². The fraction of sp³-hybridized carbons (Fsp3) is 0.381. The number of aromatic nitrogens is 2. The highest BCUT2D eigenvalue weighted by Crippen LogP contribution is 2.26. The Morgan fingerprint density at radius 2 is 1.88 bits per heavy atom. The van der Waals surface area contributed by atoms with E-state index in [9.17, 15) is 22.8 Å². The van der Waals surface area contributed by atoms with Crippen LogP contribution in [0.5, 0.6) is 0 Å². The Bertz CT molecular complexity index is 1040. The minimum absolute atomic E-state index is 0.0268. The number of likely N-dealkylation sites (tertiary alicyclic amines) is 1. The topological polar surface area (TPSA) is 90.8 Å². The first-order valence-electron chi connectivity index (χ1n) is 10.1. The van der Waals surface area contributed by atoms with Gasteiger partial charge in [0.25, 0.3) is 0 Å². The van der Waals surface area contributed by atoms with Crippen LogP contribution in [0.3, 0.4) is 0 Å². The number of halogens is 3. The molecule has 3 heterocycles. The number of benzene rings is 1. The maximum atomic E-state index is 12.7. The number of hydrogen-bond donors (Lipinski definition) is 1. The van der Waals surface area contributed by atoms with Gasteiger partial charge < -0.3 is 10.2 Å². The largest absolute Gasteiger partial charge is 0.451 e. The van der Waals surface area contributed by atoms with E-state index in [4.69, 9.17) is 0 Å². The molecule has 1 fully saturated rings. The Hall–Kier alpha value is -3.50. The molecule has 0 aliphatic carbocycles. The van der Waals surface area contributed by atoms with E-state index in [2.05, 4.69) is 20.4 Å². The molecule has 1 atom stereocenters. The van der Waals surface area contributed by atoms with E-state index < -0.39 is 18.0 Å². The molecule has 1 aromatic carbocycles. The van der Waals surface area contributed by atoms with Crippen molar-refractivity contribution in [1.29, 1.82) is 0 Å². The summed E-state index contributed by atoms with van der Waals surface area (Å²) in [5.74, 6) is -1.21. The monoisotopic (exact) mass is 446 g/mol. The molecule has 1 unspecified atom stereocenters. The molecule has 1 N–H and O–H groups in total. The number of rotatable bonds is 4. The number of amides is 3. The lowest BCUT2D eigenvalue weighted by Crippen LogP contribution is -2.45. The molecule has 0 saturated carbocycles. The number of carbonyl (C=O) groups excluding carboxylic acids is 2. The molecule has 168 valence electrons. The summed E-state index contributed by atoms with van der Waals surface area (Å²) >= 11 is 0. The minimum atomic E-state index is -4.62. The van der Waals surface area contributed by atoms with E-state index in [-0.39, 0.29) is 25.0 Å². The van der Waals surface area contributed by atoms with Crippen molar-refractivity contribution in [2.75, 3.05) is 13.1 Å². The number of nitrogens with zero attached hydrogens (tertiary/aromatic N) is 5. The first kappa shape index (κ1) is 21.7. The molecule has 0 spiro atoms. The molecule has 2 aliphatic rings. The highest BCUT2D eigenvalue weighted by Gasteiger charge is 2.39. The molecular formula is C21H21F3N6O2. The molecular weight excluding hydrogens is 425 g/mol. The number of hydrogen-bond acceptors (Lipinski definition) is 5. The SMILES string of the molecule is Cc1ccc(C2=NN(C(=O)NCc3cnc(C(F)(F)F)nc3)CC2N2CCCC2=O)cc1. The van der Waals surface area contributed by atoms with Crippen LogP contribution in [0.2, 0.25) is 0 Å². The van der Waals surface area contributed by atoms with Crippen LogP contribution in [-0.4, -0.2) is 56.7 Å². The molecule has 11 heteroatoms. The second kappa shape index (κ2) is 8.56. The smallest absolute Gasteiger partial charge is 0.332 e. The Morgan fingerprint density at radius 3 is 2.47 bits per heavy atom. The van der Waals surface area contributed by atoms with Gasteiger partial charge in [0.15, 0.2) is 0 Å². The summed E-state index contributed by atoms with van der Waals surface area (Å²) in [6, 6.07) is 6.81. The van der Waals surface area contributed by atoms with Crippen molar-refractivity contribution < 1.29 is 22.8 Å². The van der Waals surface area contributed by atoms with Gasteiger partial charge in [-0.3, -0.25) is 4.79 Å². The second-order valence-corrected chi connectivity index (χ2v) is 7.71. The first-order chi connectivity index (χ1) is 15.2. The van der Waals surface area contributed by atoms with E-state index in [1.807, 2.05) is 31.2 Å². The predicted octanol–water partition coefficient (Wildman–Crippen LogP) is 2.72. The lowest BCUT2D eigenvalue weighted by Gasteiger charge is -2.25. The van der Waals surface area contributed by atoms with Gasteiger partial charge in [0.2, 0.25) is 11.7 Å². The van der Waals surface area contributed by atoms with Crippen LogP contribution < -0.4 is 5.32 Å². The van der Waals surface area contributed by atoms with Gasteiger partial charge in [-0.15, -0.1) is 0 Å². The molecule has 2 aromatic rings. The zero-order valence-corrected chi connectivity index (χ0v) is 17.3. The van der Waals surface area contributed by atoms with Gasteiger partial charge in [0, 0.05) is 37.5 Å². The summed E-state index contributed by atoms with van der Waals surface area (Å²) < 4.78 is 37.8. The van der Waals surface area contributed by atoms with Crippen LogP contribution in [0, 0.1) is 6.92 Å². The van der Waals surface area contributed by atoms with Crippen LogP contribution in [0.25, 0.3) is 0 Å². The van der Waals surface area contributed by atoms with Gasteiger partial charge in [-0.25, -0.2) is 19.8 Å². The number of hydrazone groups is 1. The Kier molecular flexibility index (Phi) is 5.81. The number of nitrogens with one attached hydrogen (secondary N) is 1. The Balaban J connectivity index is 1.48. The minimum Gasteiger partial charge on any atom is -0.332 e. The third kappa shape index (κ3) is 4.56. The summed E-state index contributed by atoms with van der Waals surface area (Å²) in [6.45, 7) is 2.71. The average molecular weight is 446 g/mol. The molecule has 3 amide bonds. The van der Waals surface area contributed by atoms with E-state index in [0.717, 1.165) is 29.9 Å². The highest BCUT2D eigenvalue weighted by atomic mass is 19.4. The molecule has 2 aliphatic heterocycles. The van der Waals surface area contributed by atoms with Crippen LogP contribution in [0.15, 0.2) is 41.8 Å². The third-order valence-corrected chi connectivity index (χ3v) is 5.36. The lowest BCUT2D eigenvalue weighted by atomic mass is 10.0. The summed E-state index contributed by atoms with van der Waals surface area (Å²) in [6.07, 6.45) is -1.35. The van der Waals surface area contributed by atoms with Crippen molar-refractivity contribution in [2.24, 2.45) is 5.10 Å². The van der Waals surface area contributed by atoms with Crippen molar-refractivity contribution in [3.63, 3.8) is 0 Å². The van der Waals surface area contributed by atoms with Crippen LogP contribution in [0.1, 0.15) is 35.4 Å². The van der Waals surface area contributed by atoms with Gasteiger partial charge in [0.1, 0.15) is 0 Å². The van der Waals surface area contributed by atoms with E-state index in [1.165, 1.54) is 5.01 Å². The standard InChI is InChI=1S/C21H21F3N6O2/c1-13-4-6-15(7-5-13)18-16(29-8-2-3-17(29)31)12-30(28-18)20(32)27-11-14-9-25-19(26-10-14)21(22,23)24/h4-7,9-10,16H,2-3,8,11-12H2,1H3,(H,27,32). The van der Waals surface area contributed by atoms with Crippen LogP contribution in [0.4, 0.5) is 18.0 Å². The van der Waals surface area contributed by atoms with Gasteiger partial charge in [-0.2, -0.15) is 18.3 Å². The summed E-state index contributed by atoms with van der Waals surface area (Å²) in [7, 11) is 0. The fourth-order valence-corrected chi connectivity index (χ4v) is 3.70. The lowest BCUT2D eigenvalue weighted by molar-refractivity contribution is -0.145. The average Bonchev–Trinajstić information content (AvgIpc) is 3.38. The zero-order chi connectivity index (χ0) is 22.9. The van der Waals surface area contributed by atoms with E-state index >= 15 is 0 Å². The van der Waals surface area contributed by atoms with Crippen molar-refractivity contribution >= 4 is 17.6 Å². The molecule has 8 nitrogen and oxygen atoms in total. The number of carbonyl (C=O) groups is 2. The van der Waals surface area contributed by atoms with Crippen molar-refractivity contribution in [3.8, 4) is 0 Å². The maximum absolute atomic E-state index is 12.7. The molecule has 0 radical (unpaired) electrons. The Labute approximate surface area is 182 Å². The zero-order valence-electron chi connectivity index (χ0n) is 17.3. The third-order valence-electron chi connectivity index (χ3n) is 5.36. The predicted molar refractivity (Wildman–Crippen MR) is 108 cm³/mol. The highest BCUT2D eigenvalue weighted by molar-refractivity contribution is 6.08. The fourth-order valence-electron chi connectivity index (χ4n) is 3.70. The van der Waals surface area contributed by atoms with Gasteiger partial charge in [-0.05, 0) is 18.9 Å². The van der Waals surface area contributed by atoms with Crippen molar-refractivity contribution in [1.82, 2.24) is 25.2 Å². The quantitative estimate of drug-likeness (QED) is 0.782. The molecule has 0 bridgehead atoms. The van der Waals surface area contributed by atoms with Crippen LogP contribution in [-0.2, 0) is 17.5 Å². The number of urea groups is 1. The molecule has 1 aromatic heterocycles. The summed E-state index contributed by atoms with van der Waals surface area (Å²) in [5, 5.41) is 8.34. The summed E-state index contributed by atoms with van der Waals surface area (Å²) in [4.78, 5) is 33.4. The van der Waals surface area contributed by atoms with Crippen LogP contribution >= 0.6 is 0 Å².